The van der Waals surface area contributed by atoms with Gasteiger partial charge in [0, 0.05) is 31.3 Å². The first-order valence-electron chi connectivity index (χ1n) is 8.48. The summed E-state index contributed by atoms with van der Waals surface area (Å²) in [7, 11) is 0. The van der Waals surface area contributed by atoms with Gasteiger partial charge in [0.15, 0.2) is 0 Å². The molecule has 2 aromatic rings. The van der Waals surface area contributed by atoms with Gasteiger partial charge in [0.25, 0.3) is 5.91 Å². The Balaban J connectivity index is 1.71. The third-order valence-electron chi connectivity index (χ3n) is 4.35. The van der Waals surface area contributed by atoms with Gasteiger partial charge in [-0.05, 0) is 60.9 Å². The maximum atomic E-state index is 12.4. The van der Waals surface area contributed by atoms with Crippen molar-refractivity contribution >= 4 is 17.5 Å². The van der Waals surface area contributed by atoms with Crippen LogP contribution in [0.15, 0.2) is 42.5 Å². The molecule has 0 bridgehead atoms. The van der Waals surface area contributed by atoms with Gasteiger partial charge in [0.1, 0.15) is 5.75 Å². The fraction of sp³-hybridized carbons (Fsp3) is 0.300. The molecule has 5 nitrogen and oxygen atoms in total. The van der Waals surface area contributed by atoms with Gasteiger partial charge in [0.05, 0.1) is 6.61 Å². The fourth-order valence-electron chi connectivity index (χ4n) is 2.98. The van der Waals surface area contributed by atoms with Crippen molar-refractivity contribution in [3.63, 3.8) is 0 Å². The molecular formula is C20H22N2O3. The summed E-state index contributed by atoms with van der Waals surface area (Å²) in [6.07, 6.45) is 0.849. The number of anilines is 1. The molecule has 1 heterocycles. The molecule has 0 aromatic heterocycles. The second-order valence-electron chi connectivity index (χ2n) is 6.09. The van der Waals surface area contributed by atoms with Crippen molar-refractivity contribution in [3.05, 3.63) is 59.2 Å². The highest BCUT2D eigenvalue weighted by Crippen LogP contribution is 2.23. The zero-order chi connectivity index (χ0) is 17.8. The van der Waals surface area contributed by atoms with E-state index in [-0.39, 0.29) is 11.8 Å². The Hall–Kier alpha value is -2.82. The zero-order valence-electron chi connectivity index (χ0n) is 14.5. The molecule has 130 valence electrons. The van der Waals surface area contributed by atoms with Crippen LogP contribution in [0.3, 0.4) is 0 Å². The SMILES string of the molecule is CCOc1ccc(C(=O)Nc2ccc3c(c2)CN(C(C)=O)CC3)cc1. The molecule has 2 aromatic carbocycles. The number of hydrogen-bond donors (Lipinski definition) is 1. The number of carbonyl (C=O) groups excluding carboxylic acids is 2. The first kappa shape index (κ1) is 17.0. The molecule has 0 spiro atoms. The van der Waals surface area contributed by atoms with E-state index in [2.05, 4.69) is 5.32 Å². The number of ether oxygens (including phenoxy) is 1. The summed E-state index contributed by atoms with van der Waals surface area (Å²) in [5.74, 6) is 0.661. The molecule has 5 heteroatoms. The lowest BCUT2D eigenvalue weighted by molar-refractivity contribution is -0.129. The van der Waals surface area contributed by atoms with Crippen molar-refractivity contribution in [1.29, 1.82) is 0 Å². The van der Waals surface area contributed by atoms with Gasteiger partial charge < -0.3 is 15.0 Å². The highest BCUT2D eigenvalue weighted by atomic mass is 16.5. The van der Waals surface area contributed by atoms with Gasteiger partial charge in [-0.3, -0.25) is 9.59 Å². The lowest BCUT2D eigenvalue weighted by atomic mass is 9.99. The smallest absolute Gasteiger partial charge is 0.255 e. The van der Waals surface area contributed by atoms with Crippen molar-refractivity contribution in [2.24, 2.45) is 0 Å². The van der Waals surface area contributed by atoms with Crippen LogP contribution in [-0.4, -0.2) is 29.9 Å². The number of benzene rings is 2. The van der Waals surface area contributed by atoms with E-state index in [1.54, 1.807) is 31.2 Å². The molecular weight excluding hydrogens is 316 g/mol. The average Bonchev–Trinajstić information content (AvgIpc) is 2.62. The number of nitrogens with one attached hydrogen (secondary N) is 1. The van der Waals surface area contributed by atoms with Crippen LogP contribution in [0.25, 0.3) is 0 Å². The Bertz CT molecular complexity index is 784. The third kappa shape index (κ3) is 3.99. The van der Waals surface area contributed by atoms with E-state index >= 15 is 0 Å². The van der Waals surface area contributed by atoms with Crippen molar-refractivity contribution < 1.29 is 14.3 Å². The normalized spacial score (nSPS) is 13.1. The zero-order valence-corrected chi connectivity index (χ0v) is 14.5. The highest BCUT2D eigenvalue weighted by molar-refractivity contribution is 6.04. The number of rotatable bonds is 4. The van der Waals surface area contributed by atoms with Gasteiger partial charge in [-0.1, -0.05) is 6.07 Å². The predicted molar refractivity (Wildman–Crippen MR) is 96.8 cm³/mol. The largest absolute Gasteiger partial charge is 0.494 e. The molecule has 1 N–H and O–H groups in total. The summed E-state index contributed by atoms with van der Waals surface area (Å²) in [5, 5.41) is 2.92. The van der Waals surface area contributed by atoms with Crippen molar-refractivity contribution in [1.82, 2.24) is 4.90 Å². The summed E-state index contributed by atoms with van der Waals surface area (Å²) in [6.45, 7) is 5.45. The van der Waals surface area contributed by atoms with Crippen LogP contribution in [0, 0.1) is 0 Å². The molecule has 0 fully saturated rings. The third-order valence-corrected chi connectivity index (χ3v) is 4.35. The summed E-state index contributed by atoms with van der Waals surface area (Å²) >= 11 is 0. The molecule has 1 aliphatic heterocycles. The number of amides is 2. The van der Waals surface area contributed by atoms with Crippen LogP contribution in [0.2, 0.25) is 0 Å². The Kier molecular flexibility index (Phi) is 5.03. The lowest BCUT2D eigenvalue weighted by Crippen LogP contribution is -2.34. The van der Waals surface area contributed by atoms with E-state index in [1.165, 1.54) is 5.56 Å². The minimum absolute atomic E-state index is 0.0782. The predicted octanol–water partition coefficient (Wildman–Crippen LogP) is 3.24. The van der Waals surface area contributed by atoms with Crippen LogP contribution < -0.4 is 10.1 Å². The fourth-order valence-corrected chi connectivity index (χ4v) is 2.98. The Morgan fingerprint density at radius 3 is 2.56 bits per heavy atom. The van der Waals surface area contributed by atoms with Crippen LogP contribution in [0.1, 0.15) is 35.3 Å². The molecule has 0 atom stereocenters. The highest BCUT2D eigenvalue weighted by Gasteiger charge is 2.18. The van der Waals surface area contributed by atoms with E-state index in [0.29, 0.717) is 18.7 Å². The van der Waals surface area contributed by atoms with Crippen LogP contribution in [0.5, 0.6) is 5.75 Å². The van der Waals surface area contributed by atoms with Crippen LogP contribution in [-0.2, 0) is 17.8 Å². The van der Waals surface area contributed by atoms with E-state index in [4.69, 9.17) is 4.74 Å². The monoisotopic (exact) mass is 338 g/mol. The Morgan fingerprint density at radius 2 is 1.88 bits per heavy atom. The summed E-state index contributed by atoms with van der Waals surface area (Å²) in [4.78, 5) is 25.8. The van der Waals surface area contributed by atoms with E-state index in [1.807, 2.05) is 30.0 Å². The molecule has 25 heavy (non-hydrogen) atoms. The van der Waals surface area contributed by atoms with Crippen molar-refractivity contribution in [2.45, 2.75) is 26.8 Å². The number of fused-ring (bicyclic) bond motifs is 1. The number of hydrogen-bond acceptors (Lipinski definition) is 3. The minimum atomic E-state index is -0.165. The molecule has 1 aliphatic rings. The van der Waals surface area contributed by atoms with Gasteiger partial charge in [-0.25, -0.2) is 0 Å². The first-order chi connectivity index (χ1) is 12.1. The van der Waals surface area contributed by atoms with E-state index in [0.717, 1.165) is 30.0 Å². The van der Waals surface area contributed by atoms with Crippen molar-refractivity contribution in [2.75, 3.05) is 18.5 Å². The quantitative estimate of drug-likeness (QED) is 0.931. The summed E-state index contributed by atoms with van der Waals surface area (Å²) in [5.41, 5.74) is 3.64. The van der Waals surface area contributed by atoms with Crippen LogP contribution in [0.4, 0.5) is 5.69 Å². The van der Waals surface area contributed by atoms with E-state index in [9.17, 15) is 9.59 Å². The van der Waals surface area contributed by atoms with E-state index < -0.39 is 0 Å². The maximum Gasteiger partial charge on any atom is 0.255 e. The Morgan fingerprint density at radius 1 is 1.12 bits per heavy atom. The molecule has 2 amide bonds. The van der Waals surface area contributed by atoms with Crippen LogP contribution >= 0.6 is 0 Å². The molecule has 0 aliphatic carbocycles. The van der Waals surface area contributed by atoms with Gasteiger partial charge in [-0.15, -0.1) is 0 Å². The number of nitrogens with zero attached hydrogens (tertiary/aromatic N) is 1. The molecule has 0 radical (unpaired) electrons. The minimum Gasteiger partial charge on any atom is -0.494 e. The van der Waals surface area contributed by atoms with Crippen molar-refractivity contribution in [3.8, 4) is 5.75 Å². The standard InChI is InChI=1S/C20H22N2O3/c1-3-25-19-8-5-16(6-9-19)20(24)21-18-7-4-15-10-11-22(14(2)23)13-17(15)12-18/h4-9,12H,3,10-11,13H2,1-2H3,(H,21,24). The summed E-state index contributed by atoms with van der Waals surface area (Å²) in [6, 6.07) is 13.0. The van der Waals surface area contributed by atoms with Gasteiger partial charge in [-0.2, -0.15) is 0 Å². The Labute approximate surface area is 147 Å². The second-order valence-corrected chi connectivity index (χ2v) is 6.09. The lowest BCUT2D eigenvalue weighted by Gasteiger charge is -2.28. The number of carbonyl (C=O) groups is 2. The van der Waals surface area contributed by atoms with Gasteiger partial charge >= 0.3 is 0 Å². The molecule has 0 unspecified atom stereocenters. The maximum absolute atomic E-state index is 12.4. The van der Waals surface area contributed by atoms with Gasteiger partial charge in [0.2, 0.25) is 5.91 Å². The average molecular weight is 338 g/mol. The topological polar surface area (TPSA) is 58.6 Å². The summed E-state index contributed by atoms with van der Waals surface area (Å²) < 4.78 is 5.39. The second kappa shape index (κ2) is 7.38. The molecule has 0 saturated heterocycles. The molecule has 3 rings (SSSR count). The first-order valence-corrected chi connectivity index (χ1v) is 8.48. The molecule has 0 saturated carbocycles.